The molecule has 0 saturated heterocycles. The van der Waals surface area contributed by atoms with Crippen LogP contribution in [0, 0.1) is 18.3 Å². The van der Waals surface area contributed by atoms with Gasteiger partial charge < -0.3 is 4.52 Å². The highest BCUT2D eigenvalue weighted by atomic mass is 16.5. The van der Waals surface area contributed by atoms with Crippen molar-refractivity contribution in [1.82, 2.24) is 5.16 Å². The number of Topliss-reactive ketones (excluding diaryl/α,β-unsaturated/α-hetero) is 1. The van der Waals surface area contributed by atoms with Gasteiger partial charge in [-0.2, -0.15) is 10.4 Å². The predicted molar refractivity (Wildman–Crippen MR) is 87.4 cm³/mol. The van der Waals surface area contributed by atoms with E-state index in [2.05, 4.69) is 15.7 Å². The summed E-state index contributed by atoms with van der Waals surface area (Å²) in [5.41, 5.74) is 3.97. The lowest BCUT2D eigenvalue weighted by Gasteiger charge is -2.11. The minimum absolute atomic E-state index is 0.0706. The van der Waals surface area contributed by atoms with Crippen molar-refractivity contribution in [3.63, 3.8) is 0 Å². The zero-order chi connectivity index (χ0) is 17.0. The van der Waals surface area contributed by atoms with Gasteiger partial charge in [0.05, 0.1) is 5.69 Å². The van der Waals surface area contributed by atoms with E-state index in [1.54, 1.807) is 18.2 Å². The Balaban J connectivity index is 2.20. The SMILES string of the molecule is Cc1cccc(N/N=C(\C#N)C(=O)c2cc(C(C)(C)C)on2)c1. The van der Waals surface area contributed by atoms with Crippen molar-refractivity contribution in [2.45, 2.75) is 33.1 Å². The highest BCUT2D eigenvalue weighted by Crippen LogP contribution is 2.22. The van der Waals surface area contributed by atoms with Crippen molar-refractivity contribution in [3.05, 3.63) is 47.3 Å². The Morgan fingerprint density at radius 2 is 2.09 bits per heavy atom. The van der Waals surface area contributed by atoms with Crippen LogP contribution in [0.2, 0.25) is 0 Å². The monoisotopic (exact) mass is 310 g/mol. The minimum atomic E-state index is -0.577. The van der Waals surface area contributed by atoms with Crippen LogP contribution in [0.3, 0.4) is 0 Å². The van der Waals surface area contributed by atoms with Crippen molar-refractivity contribution in [3.8, 4) is 6.07 Å². The molecule has 6 heteroatoms. The fraction of sp³-hybridized carbons (Fsp3) is 0.294. The normalized spacial score (nSPS) is 11.9. The van der Waals surface area contributed by atoms with E-state index in [0.29, 0.717) is 11.4 Å². The lowest BCUT2D eigenvalue weighted by molar-refractivity contribution is 0.105. The second-order valence-electron chi connectivity index (χ2n) is 6.21. The van der Waals surface area contributed by atoms with Gasteiger partial charge in [0.15, 0.2) is 5.69 Å². The van der Waals surface area contributed by atoms with Gasteiger partial charge in [-0.05, 0) is 24.6 Å². The molecule has 0 radical (unpaired) electrons. The Bertz CT molecular complexity index is 791. The minimum Gasteiger partial charge on any atom is -0.360 e. The number of hydrogen-bond acceptors (Lipinski definition) is 6. The average Bonchev–Trinajstić information content (AvgIpc) is 2.97. The summed E-state index contributed by atoms with van der Waals surface area (Å²) in [6.07, 6.45) is 0. The van der Waals surface area contributed by atoms with Gasteiger partial charge in [-0.15, -0.1) is 0 Å². The summed E-state index contributed by atoms with van der Waals surface area (Å²) in [5.74, 6) is -0.00307. The van der Waals surface area contributed by atoms with Crippen LogP contribution in [0.4, 0.5) is 5.69 Å². The molecule has 2 aromatic rings. The summed E-state index contributed by atoms with van der Waals surface area (Å²) >= 11 is 0. The summed E-state index contributed by atoms with van der Waals surface area (Å²) in [6.45, 7) is 7.77. The molecule has 0 atom stereocenters. The number of ketones is 1. The first-order valence-corrected chi connectivity index (χ1v) is 7.13. The second kappa shape index (κ2) is 6.44. The number of nitriles is 1. The number of aryl methyl sites for hydroxylation is 1. The Hall–Kier alpha value is -2.94. The van der Waals surface area contributed by atoms with Gasteiger partial charge in [0.2, 0.25) is 11.5 Å². The zero-order valence-electron chi connectivity index (χ0n) is 13.5. The number of nitrogens with one attached hydrogen (secondary N) is 1. The number of anilines is 1. The van der Waals surface area contributed by atoms with E-state index < -0.39 is 5.78 Å². The van der Waals surface area contributed by atoms with Crippen LogP contribution >= 0.6 is 0 Å². The quantitative estimate of drug-likeness (QED) is 0.530. The van der Waals surface area contributed by atoms with Crippen LogP contribution in [0.15, 0.2) is 40.0 Å². The lowest BCUT2D eigenvalue weighted by atomic mass is 9.93. The molecule has 0 saturated carbocycles. The van der Waals surface area contributed by atoms with E-state index in [1.807, 2.05) is 45.9 Å². The van der Waals surface area contributed by atoms with Crippen LogP contribution in [0.25, 0.3) is 0 Å². The third-order valence-corrected chi connectivity index (χ3v) is 3.12. The summed E-state index contributed by atoms with van der Waals surface area (Å²) in [4.78, 5) is 12.3. The molecule has 0 aliphatic heterocycles. The van der Waals surface area contributed by atoms with E-state index in [9.17, 15) is 4.79 Å². The third kappa shape index (κ3) is 4.04. The molecule has 0 spiro atoms. The van der Waals surface area contributed by atoms with Crippen molar-refractivity contribution in [2.24, 2.45) is 5.10 Å². The van der Waals surface area contributed by atoms with Crippen LogP contribution < -0.4 is 5.43 Å². The Morgan fingerprint density at radius 3 is 2.65 bits per heavy atom. The number of carbonyl (C=O) groups excluding carboxylic acids is 1. The molecule has 2 rings (SSSR count). The van der Waals surface area contributed by atoms with Crippen molar-refractivity contribution in [2.75, 3.05) is 5.43 Å². The largest absolute Gasteiger partial charge is 0.360 e. The third-order valence-electron chi connectivity index (χ3n) is 3.12. The molecule has 1 aromatic carbocycles. The van der Waals surface area contributed by atoms with E-state index in [1.165, 1.54) is 0 Å². The fourth-order valence-electron chi connectivity index (χ4n) is 1.82. The Labute approximate surface area is 134 Å². The lowest BCUT2D eigenvalue weighted by Crippen LogP contribution is -2.15. The molecule has 0 amide bonds. The van der Waals surface area contributed by atoms with Crippen LogP contribution in [-0.4, -0.2) is 16.7 Å². The van der Waals surface area contributed by atoms with Gasteiger partial charge in [0.1, 0.15) is 11.8 Å². The van der Waals surface area contributed by atoms with Crippen LogP contribution in [0.5, 0.6) is 0 Å². The van der Waals surface area contributed by atoms with E-state index in [0.717, 1.165) is 5.56 Å². The summed E-state index contributed by atoms with van der Waals surface area (Å²) in [5, 5.41) is 16.8. The molecule has 0 aliphatic rings. The Kier molecular flexibility index (Phi) is 4.60. The molecule has 6 nitrogen and oxygen atoms in total. The van der Waals surface area contributed by atoms with Gasteiger partial charge in [-0.3, -0.25) is 10.2 Å². The maximum Gasteiger partial charge on any atom is 0.245 e. The first-order chi connectivity index (χ1) is 10.8. The van der Waals surface area contributed by atoms with Crippen LogP contribution in [0.1, 0.15) is 42.6 Å². The second-order valence-corrected chi connectivity index (χ2v) is 6.21. The van der Waals surface area contributed by atoms with Crippen LogP contribution in [-0.2, 0) is 5.41 Å². The zero-order valence-corrected chi connectivity index (χ0v) is 13.5. The molecule has 1 heterocycles. The molecule has 0 aliphatic carbocycles. The summed E-state index contributed by atoms with van der Waals surface area (Å²) in [7, 11) is 0. The standard InChI is InChI=1S/C17H18N4O2/c1-11-6-5-7-12(8-11)19-20-14(10-18)16(22)13-9-15(23-21-13)17(2,3)4/h5-9,19H,1-4H3/b20-14+. The number of aromatic nitrogens is 1. The molecule has 1 aromatic heterocycles. The molecule has 0 fully saturated rings. The number of hydrogen-bond donors (Lipinski definition) is 1. The van der Waals surface area contributed by atoms with Gasteiger partial charge in [-0.25, -0.2) is 0 Å². The fourth-order valence-corrected chi connectivity index (χ4v) is 1.82. The highest BCUT2D eigenvalue weighted by molar-refractivity contribution is 6.51. The summed E-state index contributed by atoms with van der Waals surface area (Å²) < 4.78 is 5.17. The molecule has 23 heavy (non-hydrogen) atoms. The topological polar surface area (TPSA) is 91.3 Å². The number of nitrogens with zero attached hydrogens (tertiary/aromatic N) is 3. The van der Waals surface area contributed by atoms with Gasteiger partial charge in [0, 0.05) is 11.5 Å². The van der Waals surface area contributed by atoms with Crippen molar-refractivity contribution in [1.29, 1.82) is 5.26 Å². The molecular weight excluding hydrogens is 292 g/mol. The van der Waals surface area contributed by atoms with Gasteiger partial charge >= 0.3 is 0 Å². The first-order valence-electron chi connectivity index (χ1n) is 7.13. The predicted octanol–water partition coefficient (Wildman–Crippen LogP) is 3.45. The van der Waals surface area contributed by atoms with Crippen molar-refractivity contribution < 1.29 is 9.32 Å². The number of benzene rings is 1. The van der Waals surface area contributed by atoms with Crippen molar-refractivity contribution >= 4 is 17.2 Å². The maximum absolute atomic E-state index is 12.3. The maximum atomic E-state index is 12.3. The molecule has 1 N–H and O–H groups in total. The molecular formula is C17H18N4O2. The van der Waals surface area contributed by atoms with E-state index >= 15 is 0 Å². The van der Waals surface area contributed by atoms with Gasteiger partial charge in [0.25, 0.3) is 0 Å². The molecule has 0 bridgehead atoms. The smallest absolute Gasteiger partial charge is 0.245 e. The number of rotatable bonds is 4. The summed E-state index contributed by atoms with van der Waals surface area (Å²) in [6, 6.07) is 10.8. The highest BCUT2D eigenvalue weighted by Gasteiger charge is 2.24. The number of hydrazone groups is 1. The van der Waals surface area contributed by atoms with E-state index in [4.69, 9.17) is 9.78 Å². The number of carbonyl (C=O) groups is 1. The molecule has 118 valence electrons. The van der Waals surface area contributed by atoms with Gasteiger partial charge in [-0.1, -0.05) is 38.1 Å². The first kappa shape index (κ1) is 16.4. The van der Waals surface area contributed by atoms with E-state index in [-0.39, 0.29) is 16.8 Å². The average molecular weight is 310 g/mol. The molecule has 0 unspecified atom stereocenters. The Morgan fingerprint density at radius 1 is 1.35 bits per heavy atom.